The summed E-state index contributed by atoms with van der Waals surface area (Å²) in [6, 6.07) is 11.8. The molecule has 2 fully saturated rings. The second-order valence-electron chi connectivity index (χ2n) is 6.74. The Labute approximate surface area is 131 Å². The summed E-state index contributed by atoms with van der Waals surface area (Å²) in [4.78, 5) is 2.54. The first-order chi connectivity index (χ1) is 10.8. The zero-order chi connectivity index (χ0) is 14.9. The molecule has 1 heterocycles. The summed E-state index contributed by atoms with van der Waals surface area (Å²) in [5, 5.41) is 12.4. The first kappa shape index (κ1) is 13.9. The second-order valence-corrected chi connectivity index (χ2v) is 6.74. The van der Waals surface area contributed by atoms with Crippen molar-refractivity contribution in [3.63, 3.8) is 0 Å². The Balaban J connectivity index is 1.52. The van der Waals surface area contributed by atoms with E-state index in [1.807, 2.05) is 4.68 Å². The predicted molar refractivity (Wildman–Crippen MR) is 84.0 cm³/mol. The second kappa shape index (κ2) is 5.80. The number of hydrogen-bond donors (Lipinski definition) is 0. The molecular weight excluding hydrogens is 274 g/mol. The van der Waals surface area contributed by atoms with E-state index in [4.69, 9.17) is 0 Å². The van der Waals surface area contributed by atoms with Crippen LogP contribution >= 0.6 is 0 Å². The van der Waals surface area contributed by atoms with Gasteiger partial charge in [0, 0.05) is 12.6 Å². The lowest BCUT2D eigenvalue weighted by Gasteiger charge is -2.28. The summed E-state index contributed by atoms with van der Waals surface area (Å²) >= 11 is 0. The minimum atomic E-state index is 0.541. The summed E-state index contributed by atoms with van der Waals surface area (Å²) in [6.07, 6.45) is 5.16. The van der Waals surface area contributed by atoms with Gasteiger partial charge in [0.1, 0.15) is 0 Å². The smallest absolute Gasteiger partial charge is 0.165 e. The third kappa shape index (κ3) is 3.04. The highest BCUT2D eigenvalue weighted by atomic mass is 15.6. The van der Waals surface area contributed by atoms with Gasteiger partial charge in [-0.1, -0.05) is 30.3 Å². The molecule has 0 amide bonds. The molecule has 1 aromatic carbocycles. The third-order valence-electron chi connectivity index (χ3n) is 4.91. The highest BCUT2D eigenvalue weighted by molar-refractivity contribution is 5.15. The van der Waals surface area contributed by atoms with E-state index in [9.17, 15) is 0 Å². The van der Waals surface area contributed by atoms with Crippen molar-refractivity contribution in [2.24, 2.45) is 5.92 Å². The minimum absolute atomic E-state index is 0.541. The van der Waals surface area contributed by atoms with Crippen molar-refractivity contribution in [2.75, 3.05) is 0 Å². The maximum atomic E-state index is 4.28. The monoisotopic (exact) mass is 297 g/mol. The molecule has 0 radical (unpaired) electrons. The Morgan fingerprint density at radius 2 is 1.91 bits per heavy atom. The predicted octanol–water partition coefficient (Wildman–Crippen LogP) is 2.81. The Bertz CT molecular complexity index is 615. The molecular formula is C17H23N5. The maximum Gasteiger partial charge on any atom is 0.165 e. The first-order valence-electron chi connectivity index (χ1n) is 8.36. The number of hydrogen-bond acceptors (Lipinski definition) is 4. The molecule has 5 nitrogen and oxygen atoms in total. The molecule has 0 N–H and O–H groups in total. The van der Waals surface area contributed by atoms with Crippen LogP contribution in [0.5, 0.6) is 0 Å². The molecule has 116 valence electrons. The van der Waals surface area contributed by atoms with Crippen LogP contribution < -0.4 is 0 Å². The van der Waals surface area contributed by atoms with E-state index in [-0.39, 0.29) is 0 Å². The molecule has 2 aliphatic carbocycles. The van der Waals surface area contributed by atoms with Gasteiger partial charge in [-0.25, -0.2) is 4.68 Å². The number of rotatable bonds is 7. The number of benzene rings is 1. The fraction of sp³-hybridized carbons (Fsp3) is 0.588. The number of tetrazole rings is 1. The van der Waals surface area contributed by atoms with Crippen LogP contribution in [0.2, 0.25) is 0 Å². The molecule has 2 aromatic rings. The van der Waals surface area contributed by atoms with Crippen molar-refractivity contribution in [3.05, 3.63) is 41.7 Å². The molecule has 4 rings (SSSR count). The van der Waals surface area contributed by atoms with Crippen LogP contribution in [-0.2, 0) is 13.1 Å². The number of nitrogens with zero attached hydrogens (tertiary/aromatic N) is 5. The summed E-state index contributed by atoms with van der Waals surface area (Å²) in [5.41, 5.74) is 1.36. The molecule has 0 unspecified atom stereocenters. The van der Waals surface area contributed by atoms with Crippen LogP contribution in [0.3, 0.4) is 0 Å². The lowest BCUT2D eigenvalue weighted by molar-refractivity contribution is 0.164. The van der Waals surface area contributed by atoms with Crippen LogP contribution in [0, 0.1) is 5.92 Å². The summed E-state index contributed by atoms with van der Waals surface area (Å²) < 4.78 is 2.04. The van der Waals surface area contributed by atoms with Crippen LogP contribution in [0.15, 0.2) is 30.3 Å². The van der Waals surface area contributed by atoms with Gasteiger partial charge in [-0.15, -0.1) is 5.10 Å². The van der Waals surface area contributed by atoms with Gasteiger partial charge in [0.2, 0.25) is 0 Å². The van der Waals surface area contributed by atoms with Crippen molar-refractivity contribution in [1.29, 1.82) is 0 Å². The summed E-state index contributed by atoms with van der Waals surface area (Å²) in [7, 11) is 0. The molecule has 1 aromatic heterocycles. The normalized spacial score (nSPS) is 19.5. The van der Waals surface area contributed by atoms with Gasteiger partial charge < -0.3 is 0 Å². The van der Waals surface area contributed by atoms with Gasteiger partial charge >= 0.3 is 0 Å². The summed E-state index contributed by atoms with van der Waals surface area (Å²) in [6.45, 7) is 4.16. The average Bonchev–Trinajstić information content (AvgIpc) is 3.46. The van der Waals surface area contributed by atoms with Crippen molar-refractivity contribution < 1.29 is 0 Å². The first-order valence-corrected chi connectivity index (χ1v) is 8.36. The third-order valence-corrected chi connectivity index (χ3v) is 4.91. The van der Waals surface area contributed by atoms with Gasteiger partial charge in [-0.05, 0) is 54.5 Å². The van der Waals surface area contributed by atoms with Crippen LogP contribution in [0.25, 0.3) is 0 Å². The molecule has 2 saturated carbocycles. The van der Waals surface area contributed by atoms with E-state index in [1.54, 1.807) is 0 Å². The Morgan fingerprint density at radius 3 is 2.59 bits per heavy atom. The van der Waals surface area contributed by atoms with E-state index in [2.05, 4.69) is 57.7 Å². The van der Waals surface area contributed by atoms with Crippen molar-refractivity contribution in [3.8, 4) is 0 Å². The van der Waals surface area contributed by atoms with Crippen LogP contribution in [-0.4, -0.2) is 31.1 Å². The van der Waals surface area contributed by atoms with Crippen LogP contribution in [0.4, 0.5) is 0 Å². The molecule has 0 saturated heterocycles. The number of aromatic nitrogens is 4. The standard InChI is InChI=1S/C17H23N5/c1-13(15-7-8-15)21(11-14-5-3-2-4-6-14)12-17-18-19-20-22(17)16-9-10-16/h2-6,13,15-16H,7-12H2,1H3/t13-/m1/s1. The Hall–Kier alpha value is -1.75. The molecule has 22 heavy (non-hydrogen) atoms. The van der Waals surface area contributed by atoms with Gasteiger partial charge in [-0.3, -0.25) is 4.90 Å². The molecule has 0 aliphatic heterocycles. The molecule has 0 bridgehead atoms. The van der Waals surface area contributed by atoms with E-state index < -0.39 is 0 Å². The minimum Gasteiger partial charge on any atom is -0.289 e. The zero-order valence-corrected chi connectivity index (χ0v) is 13.1. The molecule has 5 heteroatoms. The fourth-order valence-corrected chi connectivity index (χ4v) is 3.14. The van der Waals surface area contributed by atoms with Crippen molar-refractivity contribution in [1.82, 2.24) is 25.1 Å². The largest absolute Gasteiger partial charge is 0.289 e. The average molecular weight is 297 g/mol. The van der Waals surface area contributed by atoms with Crippen molar-refractivity contribution >= 4 is 0 Å². The highest BCUT2D eigenvalue weighted by Gasteiger charge is 2.34. The molecule has 2 aliphatic rings. The van der Waals surface area contributed by atoms with Gasteiger partial charge in [0.25, 0.3) is 0 Å². The van der Waals surface area contributed by atoms with E-state index in [0.29, 0.717) is 12.1 Å². The van der Waals surface area contributed by atoms with Crippen LogP contribution in [0.1, 0.15) is 50.0 Å². The topological polar surface area (TPSA) is 46.8 Å². The molecule has 1 atom stereocenters. The fourth-order valence-electron chi connectivity index (χ4n) is 3.14. The zero-order valence-electron chi connectivity index (χ0n) is 13.1. The van der Waals surface area contributed by atoms with Crippen molar-refractivity contribution in [2.45, 2.75) is 57.8 Å². The SMILES string of the molecule is C[C@H](C1CC1)N(Cc1ccccc1)Cc1nnnn1C1CC1. The highest BCUT2D eigenvalue weighted by Crippen LogP contribution is 2.37. The van der Waals surface area contributed by atoms with Gasteiger partial charge in [0.05, 0.1) is 12.6 Å². The van der Waals surface area contributed by atoms with E-state index >= 15 is 0 Å². The van der Waals surface area contributed by atoms with Gasteiger partial charge in [-0.2, -0.15) is 0 Å². The van der Waals surface area contributed by atoms with E-state index in [0.717, 1.165) is 24.8 Å². The van der Waals surface area contributed by atoms with E-state index in [1.165, 1.54) is 31.2 Å². The Morgan fingerprint density at radius 1 is 1.14 bits per heavy atom. The lowest BCUT2D eigenvalue weighted by atomic mass is 10.1. The Kier molecular flexibility index (Phi) is 3.66. The molecule has 0 spiro atoms. The maximum absolute atomic E-state index is 4.28. The van der Waals surface area contributed by atoms with Gasteiger partial charge in [0.15, 0.2) is 5.82 Å². The lowest BCUT2D eigenvalue weighted by Crippen LogP contribution is -2.34. The quantitative estimate of drug-likeness (QED) is 0.788. The summed E-state index contributed by atoms with van der Waals surface area (Å²) in [5.74, 6) is 1.86.